The molecule has 192 valence electrons. The third-order valence-electron chi connectivity index (χ3n) is 6.58. The van der Waals surface area contributed by atoms with Gasteiger partial charge in [-0.2, -0.15) is 5.10 Å². The zero-order valence-electron chi connectivity index (χ0n) is 21.0. The van der Waals surface area contributed by atoms with Gasteiger partial charge in [0.1, 0.15) is 23.1 Å². The van der Waals surface area contributed by atoms with Crippen LogP contribution >= 0.6 is 0 Å². The number of nitrogens with one attached hydrogen (secondary N) is 2. The van der Waals surface area contributed by atoms with Crippen LogP contribution in [0.4, 0.5) is 4.39 Å². The van der Waals surface area contributed by atoms with E-state index in [9.17, 15) is 9.18 Å². The minimum absolute atomic E-state index is 0.269. The molecule has 2 aromatic heterocycles. The first-order valence-corrected chi connectivity index (χ1v) is 12.3. The van der Waals surface area contributed by atoms with Crippen LogP contribution in [-0.2, 0) is 13.1 Å². The molecule has 8 nitrogen and oxygen atoms in total. The molecular formula is C28H30FN5O3. The molecule has 1 aliphatic rings. The minimum atomic E-state index is -0.291. The number of carbonyl (C=O) groups excluding carboxylic acids is 1. The van der Waals surface area contributed by atoms with Gasteiger partial charge >= 0.3 is 0 Å². The van der Waals surface area contributed by atoms with E-state index in [1.165, 1.54) is 19.2 Å². The molecule has 2 aromatic carbocycles. The van der Waals surface area contributed by atoms with Crippen LogP contribution in [-0.4, -0.2) is 66.2 Å². The second-order valence-corrected chi connectivity index (χ2v) is 9.19. The molecule has 0 bridgehead atoms. The number of amides is 1. The van der Waals surface area contributed by atoms with Gasteiger partial charge in [0.15, 0.2) is 0 Å². The Kier molecular flexibility index (Phi) is 7.34. The molecule has 0 atom stereocenters. The first kappa shape index (κ1) is 24.7. The minimum Gasteiger partial charge on any atom is -0.495 e. The largest absolute Gasteiger partial charge is 0.495 e. The van der Waals surface area contributed by atoms with Crippen molar-refractivity contribution >= 4 is 29.0 Å². The van der Waals surface area contributed by atoms with Crippen molar-refractivity contribution in [2.24, 2.45) is 0 Å². The van der Waals surface area contributed by atoms with E-state index in [1.807, 2.05) is 18.2 Å². The molecule has 0 spiro atoms. The van der Waals surface area contributed by atoms with Gasteiger partial charge in [-0.05, 0) is 55.1 Å². The second-order valence-electron chi connectivity index (χ2n) is 9.19. The Bertz CT molecular complexity index is 1400. The number of carbonyl (C=O) groups is 1. The number of furan rings is 1. The number of likely N-dealkylation sites (N-methyl/N-ethyl adjacent to an activating group) is 1. The number of fused-ring (bicyclic) bond motifs is 1. The standard InChI is InChI=1S/C28H30FN5O3/c1-33-13-15-34(16-14-33)18-22-9-8-21(37-22)17-30-28(35)23-10-12-25-26(27(23)36-2)24(31-32-25)11-5-19-3-6-20(29)7-4-19/h3-12H,13-18H2,1-2H3,(H,30,35)(H,31,32)/b11-5+. The molecule has 0 unspecified atom stereocenters. The number of methoxy groups -OCH3 is 1. The van der Waals surface area contributed by atoms with E-state index in [2.05, 4.69) is 32.4 Å². The molecule has 1 fully saturated rings. The summed E-state index contributed by atoms with van der Waals surface area (Å²) in [5.74, 6) is 1.45. The summed E-state index contributed by atoms with van der Waals surface area (Å²) in [7, 11) is 3.67. The highest BCUT2D eigenvalue weighted by atomic mass is 19.1. The van der Waals surface area contributed by atoms with E-state index in [1.54, 1.807) is 30.3 Å². The fourth-order valence-corrected chi connectivity index (χ4v) is 4.46. The molecule has 5 rings (SSSR count). The topological polar surface area (TPSA) is 86.6 Å². The summed E-state index contributed by atoms with van der Waals surface area (Å²) in [5.41, 5.74) is 2.59. The molecule has 37 heavy (non-hydrogen) atoms. The van der Waals surface area contributed by atoms with E-state index in [-0.39, 0.29) is 18.3 Å². The fraction of sp³-hybridized carbons (Fsp3) is 0.286. The van der Waals surface area contributed by atoms with Gasteiger partial charge in [-0.1, -0.05) is 18.2 Å². The molecule has 4 aromatic rings. The molecule has 1 amide bonds. The number of benzene rings is 2. The summed E-state index contributed by atoms with van der Waals surface area (Å²) in [5, 5.41) is 11.0. The van der Waals surface area contributed by atoms with Gasteiger partial charge in [-0.25, -0.2) is 4.39 Å². The lowest BCUT2D eigenvalue weighted by Crippen LogP contribution is -2.43. The number of H-pyrrole nitrogens is 1. The molecule has 3 heterocycles. The molecule has 0 radical (unpaired) electrons. The zero-order chi connectivity index (χ0) is 25.8. The van der Waals surface area contributed by atoms with Gasteiger partial charge in [-0.15, -0.1) is 0 Å². The SMILES string of the molecule is COc1c(C(=O)NCc2ccc(CN3CCN(C)CC3)o2)ccc2[nH]nc(/C=C/c3ccc(F)cc3)c12. The Labute approximate surface area is 214 Å². The summed E-state index contributed by atoms with van der Waals surface area (Å²) >= 11 is 0. The van der Waals surface area contributed by atoms with Crippen LogP contribution in [0.1, 0.15) is 33.1 Å². The smallest absolute Gasteiger partial charge is 0.255 e. The van der Waals surface area contributed by atoms with Crippen molar-refractivity contribution in [3.8, 4) is 5.75 Å². The monoisotopic (exact) mass is 503 g/mol. The summed E-state index contributed by atoms with van der Waals surface area (Å²) in [6.07, 6.45) is 3.64. The molecule has 9 heteroatoms. The van der Waals surface area contributed by atoms with Crippen molar-refractivity contribution in [2.75, 3.05) is 40.3 Å². The highest BCUT2D eigenvalue weighted by molar-refractivity contribution is 6.05. The lowest BCUT2D eigenvalue weighted by atomic mass is 10.1. The molecule has 2 N–H and O–H groups in total. The number of piperazine rings is 1. The summed E-state index contributed by atoms with van der Waals surface area (Å²) in [4.78, 5) is 17.8. The van der Waals surface area contributed by atoms with Crippen molar-refractivity contribution in [3.05, 3.63) is 82.7 Å². The van der Waals surface area contributed by atoms with Gasteiger partial charge in [0, 0.05) is 26.2 Å². The Balaban J connectivity index is 1.28. The van der Waals surface area contributed by atoms with Crippen molar-refractivity contribution in [1.29, 1.82) is 0 Å². The number of rotatable bonds is 8. The van der Waals surface area contributed by atoms with E-state index in [0.717, 1.165) is 49.6 Å². The number of aromatic nitrogens is 2. The zero-order valence-corrected chi connectivity index (χ0v) is 21.0. The number of nitrogens with zero attached hydrogens (tertiary/aromatic N) is 3. The lowest BCUT2D eigenvalue weighted by molar-refractivity contribution is 0.0944. The molecule has 1 aliphatic heterocycles. The van der Waals surface area contributed by atoms with E-state index in [4.69, 9.17) is 9.15 Å². The van der Waals surface area contributed by atoms with Crippen LogP contribution in [0.5, 0.6) is 5.75 Å². The van der Waals surface area contributed by atoms with E-state index >= 15 is 0 Å². The predicted molar refractivity (Wildman–Crippen MR) is 141 cm³/mol. The van der Waals surface area contributed by atoms with Crippen molar-refractivity contribution in [2.45, 2.75) is 13.1 Å². The van der Waals surface area contributed by atoms with Crippen LogP contribution in [0.15, 0.2) is 52.9 Å². The van der Waals surface area contributed by atoms with Gasteiger partial charge in [-0.3, -0.25) is 14.8 Å². The number of halogens is 1. The highest BCUT2D eigenvalue weighted by Crippen LogP contribution is 2.32. The number of hydrogen-bond acceptors (Lipinski definition) is 6. The Morgan fingerprint density at radius 3 is 2.59 bits per heavy atom. The average Bonchev–Trinajstić information content (AvgIpc) is 3.54. The number of ether oxygens (including phenoxy) is 1. The first-order valence-electron chi connectivity index (χ1n) is 12.3. The molecule has 0 aliphatic carbocycles. The van der Waals surface area contributed by atoms with Crippen LogP contribution in [0.2, 0.25) is 0 Å². The van der Waals surface area contributed by atoms with Gasteiger partial charge in [0.05, 0.1) is 42.4 Å². The molecule has 1 saturated heterocycles. The Morgan fingerprint density at radius 2 is 1.84 bits per heavy atom. The number of hydrogen-bond donors (Lipinski definition) is 2. The summed E-state index contributed by atoms with van der Waals surface area (Å²) in [6.45, 7) is 5.17. The lowest BCUT2D eigenvalue weighted by Gasteiger charge is -2.31. The Hall–Kier alpha value is -3.95. The first-order chi connectivity index (χ1) is 18.0. The quantitative estimate of drug-likeness (QED) is 0.376. The van der Waals surface area contributed by atoms with Crippen molar-refractivity contribution in [1.82, 2.24) is 25.3 Å². The van der Waals surface area contributed by atoms with Gasteiger partial charge in [0.25, 0.3) is 5.91 Å². The van der Waals surface area contributed by atoms with E-state index in [0.29, 0.717) is 28.2 Å². The molecule has 0 saturated carbocycles. The average molecular weight is 504 g/mol. The maximum atomic E-state index is 13.2. The predicted octanol–water partition coefficient (Wildman–Crippen LogP) is 4.15. The second kappa shape index (κ2) is 11.0. The molecular weight excluding hydrogens is 473 g/mol. The third kappa shape index (κ3) is 5.73. The van der Waals surface area contributed by atoms with Crippen LogP contribution < -0.4 is 10.1 Å². The maximum Gasteiger partial charge on any atom is 0.255 e. The maximum absolute atomic E-state index is 13.2. The third-order valence-corrected chi connectivity index (χ3v) is 6.58. The van der Waals surface area contributed by atoms with Crippen LogP contribution in [0, 0.1) is 5.82 Å². The van der Waals surface area contributed by atoms with Gasteiger partial charge < -0.3 is 19.4 Å². The normalized spacial score (nSPS) is 15.0. The Morgan fingerprint density at radius 1 is 1.08 bits per heavy atom. The van der Waals surface area contributed by atoms with Crippen LogP contribution in [0.3, 0.4) is 0 Å². The van der Waals surface area contributed by atoms with Crippen LogP contribution in [0.25, 0.3) is 23.1 Å². The van der Waals surface area contributed by atoms with E-state index < -0.39 is 0 Å². The summed E-state index contributed by atoms with van der Waals surface area (Å²) < 4.78 is 24.8. The fourth-order valence-electron chi connectivity index (χ4n) is 4.46. The summed E-state index contributed by atoms with van der Waals surface area (Å²) in [6, 6.07) is 13.6. The van der Waals surface area contributed by atoms with Crippen molar-refractivity contribution < 1.29 is 18.3 Å². The van der Waals surface area contributed by atoms with Gasteiger partial charge in [0.2, 0.25) is 0 Å². The van der Waals surface area contributed by atoms with Crippen molar-refractivity contribution in [3.63, 3.8) is 0 Å². The highest BCUT2D eigenvalue weighted by Gasteiger charge is 2.20. The number of aromatic amines is 1.